The summed E-state index contributed by atoms with van der Waals surface area (Å²) >= 11 is 0. The molecule has 0 aliphatic rings. The Morgan fingerprint density at radius 3 is 2.40 bits per heavy atom. The third-order valence-corrected chi connectivity index (χ3v) is 2.41. The molecule has 1 aromatic heterocycles. The van der Waals surface area contributed by atoms with Gasteiger partial charge in [-0.3, -0.25) is 4.79 Å². The smallest absolute Gasteiger partial charge is 0.223 e. The topological polar surface area (TPSA) is 105 Å². The number of carbonyl (C=O) groups excluding carboxylic acids is 1. The van der Waals surface area contributed by atoms with E-state index in [1.807, 2.05) is 13.8 Å². The van der Waals surface area contributed by atoms with Gasteiger partial charge < -0.3 is 21.7 Å². The number of hydrogen-bond acceptors (Lipinski definition) is 6. The summed E-state index contributed by atoms with van der Waals surface area (Å²) in [7, 11) is 0. The highest BCUT2D eigenvalue weighted by Crippen LogP contribution is 2.12. The van der Waals surface area contributed by atoms with Crippen LogP contribution in [0.3, 0.4) is 0 Å². The van der Waals surface area contributed by atoms with Gasteiger partial charge in [-0.1, -0.05) is 6.92 Å². The van der Waals surface area contributed by atoms with Gasteiger partial charge in [-0.25, -0.2) is 0 Å². The molecular weight excluding hydrogens is 256 g/mol. The minimum absolute atomic E-state index is 0.0128. The third-order valence-electron chi connectivity index (χ3n) is 2.41. The lowest BCUT2D eigenvalue weighted by Gasteiger charge is -2.10. The van der Waals surface area contributed by atoms with E-state index < -0.39 is 0 Å². The predicted molar refractivity (Wildman–Crippen MR) is 81.6 cm³/mol. The van der Waals surface area contributed by atoms with Crippen molar-refractivity contribution in [3.63, 3.8) is 0 Å². The van der Waals surface area contributed by atoms with E-state index in [0.717, 1.165) is 13.0 Å². The van der Waals surface area contributed by atoms with Gasteiger partial charge in [0, 0.05) is 31.6 Å². The summed E-state index contributed by atoms with van der Waals surface area (Å²) < 4.78 is 0. The minimum Gasteiger partial charge on any atom is -0.370 e. The number of amides is 1. The standard InChI is InChI=1S/C13H24N6O/c1-4-6-15-10-8-11(19-13(14)18-10)16-7-5-12(20)17-9(2)3/h8-9H,4-7H2,1-3H3,(H,17,20)(H4,14,15,16,18,19). The molecule has 0 unspecified atom stereocenters. The second-order valence-corrected chi connectivity index (χ2v) is 4.82. The first-order valence-corrected chi connectivity index (χ1v) is 6.93. The normalized spacial score (nSPS) is 10.4. The van der Waals surface area contributed by atoms with Gasteiger partial charge in [0.05, 0.1) is 0 Å². The number of nitrogens with one attached hydrogen (secondary N) is 3. The largest absolute Gasteiger partial charge is 0.370 e. The van der Waals surface area contributed by atoms with Gasteiger partial charge >= 0.3 is 0 Å². The highest BCUT2D eigenvalue weighted by molar-refractivity contribution is 5.76. The van der Waals surface area contributed by atoms with Crippen LogP contribution in [0.25, 0.3) is 0 Å². The van der Waals surface area contributed by atoms with E-state index in [2.05, 4.69) is 32.8 Å². The number of carbonyl (C=O) groups is 1. The molecule has 5 N–H and O–H groups in total. The summed E-state index contributed by atoms with van der Waals surface area (Å²) in [5.74, 6) is 1.53. The second kappa shape index (κ2) is 8.19. The van der Waals surface area contributed by atoms with Crippen LogP contribution < -0.4 is 21.7 Å². The lowest BCUT2D eigenvalue weighted by molar-refractivity contribution is -0.121. The molecule has 0 aromatic carbocycles. The molecule has 0 aliphatic heterocycles. The summed E-state index contributed by atoms with van der Waals surface area (Å²) in [6.45, 7) is 7.27. The van der Waals surface area contributed by atoms with Gasteiger partial charge in [-0.05, 0) is 20.3 Å². The molecule has 112 valence electrons. The zero-order chi connectivity index (χ0) is 15.0. The molecule has 0 atom stereocenters. The van der Waals surface area contributed by atoms with E-state index in [0.29, 0.717) is 24.6 Å². The van der Waals surface area contributed by atoms with Gasteiger partial charge in [-0.15, -0.1) is 0 Å². The van der Waals surface area contributed by atoms with E-state index in [9.17, 15) is 4.79 Å². The number of nitrogens with two attached hydrogens (primary N) is 1. The van der Waals surface area contributed by atoms with Crippen LogP contribution in [0.15, 0.2) is 6.07 Å². The Morgan fingerprint density at radius 2 is 1.85 bits per heavy atom. The van der Waals surface area contributed by atoms with Gasteiger partial charge in [-0.2, -0.15) is 9.97 Å². The molecule has 1 rings (SSSR count). The summed E-state index contributed by atoms with van der Waals surface area (Å²) in [5.41, 5.74) is 5.65. The average molecular weight is 280 g/mol. The third kappa shape index (κ3) is 6.21. The van der Waals surface area contributed by atoms with Gasteiger partial charge in [0.25, 0.3) is 0 Å². The number of aromatic nitrogens is 2. The Bertz CT molecular complexity index is 435. The second-order valence-electron chi connectivity index (χ2n) is 4.82. The van der Waals surface area contributed by atoms with Crippen molar-refractivity contribution in [3.05, 3.63) is 6.07 Å². The molecule has 1 aromatic rings. The van der Waals surface area contributed by atoms with Crippen LogP contribution in [0.2, 0.25) is 0 Å². The lowest BCUT2D eigenvalue weighted by atomic mass is 10.3. The van der Waals surface area contributed by atoms with Gasteiger partial charge in [0.15, 0.2) is 0 Å². The van der Waals surface area contributed by atoms with Crippen LogP contribution in [0.5, 0.6) is 0 Å². The zero-order valence-electron chi connectivity index (χ0n) is 12.4. The fourth-order valence-corrected chi connectivity index (χ4v) is 1.60. The zero-order valence-corrected chi connectivity index (χ0v) is 12.4. The van der Waals surface area contributed by atoms with Crippen LogP contribution in [-0.2, 0) is 4.79 Å². The van der Waals surface area contributed by atoms with E-state index in [4.69, 9.17) is 5.73 Å². The molecule has 0 saturated carbocycles. The van der Waals surface area contributed by atoms with Crippen LogP contribution in [0, 0.1) is 0 Å². The van der Waals surface area contributed by atoms with Crippen LogP contribution in [-0.4, -0.2) is 35.0 Å². The lowest BCUT2D eigenvalue weighted by Crippen LogP contribution is -2.31. The Morgan fingerprint density at radius 1 is 1.25 bits per heavy atom. The maximum absolute atomic E-state index is 11.5. The summed E-state index contributed by atoms with van der Waals surface area (Å²) in [4.78, 5) is 19.7. The molecule has 0 radical (unpaired) electrons. The Balaban J connectivity index is 2.46. The van der Waals surface area contributed by atoms with Crippen LogP contribution in [0.1, 0.15) is 33.6 Å². The van der Waals surface area contributed by atoms with Crippen molar-refractivity contribution >= 4 is 23.5 Å². The number of nitrogen functional groups attached to an aromatic ring is 1. The Kier molecular flexibility index (Phi) is 6.55. The maximum Gasteiger partial charge on any atom is 0.223 e. The molecule has 0 fully saturated rings. The average Bonchev–Trinajstić information content (AvgIpc) is 2.35. The van der Waals surface area contributed by atoms with Crippen molar-refractivity contribution in [1.82, 2.24) is 15.3 Å². The number of hydrogen-bond donors (Lipinski definition) is 4. The number of rotatable bonds is 8. The molecule has 1 heterocycles. The molecule has 1 amide bonds. The van der Waals surface area contributed by atoms with Crippen LogP contribution in [0.4, 0.5) is 17.6 Å². The molecule has 7 nitrogen and oxygen atoms in total. The fraction of sp³-hybridized carbons (Fsp3) is 0.615. The Labute approximate surface area is 119 Å². The fourth-order valence-electron chi connectivity index (χ4n) is 1.60. The van der Waals surface area contributed by atoms with Crippen molar-refractivity contribution in [2.45, 2.75) is 39.7 Å². The maximum atomic E-state index is 11.5. The summed E-state index contributed by atoms with van der Waals surface area (Å²) in [6.07, 6.45) is 1.39. The first-order chi connectivity index (χ1) is 9.51. The SMILES string of the molecule is CCCNc1cc(NCCC(=O)NC(C)C)nc(N)n1. The van der Waals surface area contributed by atoms with Crippen molar-refractivity contribution in [2.24, 2.45) is 0 Å². The molecule has 0 bridgehead atoms. The van der Waals surface area contributed by atoms with Gasteiger partial charge in [0.1, 0.15) is 11.6 Å². The molecule has 20 heavy (non-hydrogen) atoms. The van der Waals surface area contributed by atoms with Crippen molar-refractivity contribution < 1.29 is 4.79 Å². The molecular formula is C13H24N6O. The van der Waals surface area contributed by atoms with E-state index in [1.165, 1.54) is 0 Å². The molecule has 0 aliphatic carbocycles. The number of nitrogens with zero attached hydrogens (tertiary/aromatic N) is 2. The summed E-state index contributed by atoms with van der Waals surface area (Å²) in [6, 6.07) is 1.94. The van der Waals surface area contributed by atoms with E-state index in [1.54, 1.807) is 6.07 Å². The highest BCUT2D eigenvalue weighted by Gasteiger charge is 2.05. The first kappa shape index (κ1) is 16.0. The van der Waals surface area contributed by atoms with Gasteiger partial charge in [0.2, 0.25) is 11.9 Å². The predicted octanol–water partition coefficient (Wildman–Crippen LogP) is 1.21. The Hall–Kier alpha value is -2.05. The quantitative estimate of drug-likeness (QED) is 0.570. The van der Waals surface area contributed by atoms with Crippen molar-refractivity contribution in [2.75, 3.05) is 29.5 Å². The van der Waals surface area contributed by atoms with Crippen molar-refractivity contribution in [1.29, 1.82) is 0 Å². The minimum atomic E-state index is 0.0128. The van der Waals surface area contributed by atoms with Crippen LogP contribution >= 0.6 is 0 Å². The van der Waals surface area contributed by atoms with E-state index in [-0.39, 0.29) is 17.9 Å². The monoisotopic (exact) mass is 280 g/mol. The highest BCUT2D eigenvalue weighted by atomic mass is 16.1. The van der Waals surface area contributed by atoms with E-state index >= 15 is 0 Å². The summed E-state index contributed by atoms with van der Waals surface area (Å²) in [5, 5.41) is 9.06. The molecule has 7 heteroatoms. The number of anilines is 3. The first-order valence-electron chi connectivity index (χ1n) is 6.93. The van der Waals surface area contributed by atoms with Crippen molar-refractivity contribution in [3.8, 4) is 0 Å². The molecule has 0 saturated heterocycles. The molecule has 0 spiro atoms.